The Hall–Kier alpha value is -3.62. The number of hydrogen-bond acceptors (Lipinski definition) is 7. The van der Waals surface area contributed by atoms with Crippen LogP contribution in [0.25, 0.3) is 0 Å². The van der Waals surface area contributed by atoms with Crippen LogP contribution in [0, 0.1) is 10.1 Å². The van der Waals surface area contributed by atoms with Gasteiger partial charge in [-0.15, -0.1) is 0 Å². The first-order chi connectivity index (χ1) is 13.8. The Labute approximate surface area is 167 Å². The van der Waals surface area contributed by atoms with Crippen molar-refractivity contribution in [2.75, 3.05) is 14.2 Å². The van der Waals surface area contributed by atoms with Gasteiger partial charge in [0.25, 0.3) is 11.6 Å². The Balaban J connectivity index is 2.23. The Morgan fingerprint density at radius 2 is 1.72 bits per heavy atom. The highest BCUT2D eigenvalue weighted by Gasteiger charge is 2.27. The Bertz CT molecular complexity index is 899. The van der Waals surface area contributed by atoms with E-state index in [1.165, 1.54) is 13.2 Å². The number of amides is 1. The van der Waals surface area contributed by atoms with E-state index in [1.807, 2.05) is 6.07 Å². The Morgan fingerprint density at radius 1 is 1.07 bits per heavy atom. The molecule has 9 heteroatoms. The molecule has 0 aliphatic rings. The molecule has 2 aromatic carbocycles. The van der Waals surface area contributed by atoms with E-state index in [9.17, 15) is 19.7 Å². The van der Waals surface area contributed by atoms with Crippen molar-refractivity contribution in [3.05, 3.63) is 63.7 Å². The van der Waals surface area contributed by atoms with Gasteiger partial charge in [-0.3, -0.25) is 14.9 Å². The number of hydrogen-bond donors (Lipinski definition) is 1. The average Bonchev–Trinajstić information content (AvgIpc) is 2.73. The van der Waals surface area contributed by atoms with Crippen LogP contribution in [-0.2, 0) is 4.74 Å². The first kappa shape index (κ1) is 21.7. The summed E-state index contributed by atoms with van der Waals surface area (Å²) in [4.78, 5) is 34.8. The summed E-state index contributed by atoms with van der Waals surface area (Å²) in [5.74, 6) is -0.939. The number of rotatable bonds is 8. The van der Waals surface area contributed by atoms with E-state index in [0.29, 0.717) is 5.56 Å². The first-order valence-electron chi connectivity index (χ1n) is 8.75. The third-order valence-electron chi connectivity index (χ3n) is 4.30. The number of methoxy groups -OCH3 is 2. The fourth-order valence-corrected chi connectivity index (χ4v) is 2.52. The third kappa shape index (κ3) is 5.22. The van der Waals surface area contributed by atoms with Gasteiger partial charge in [-0.1, -0.05) is 18.2 Å². The first-order valence-corrected chi connectivity index (χ1v) is 8.75. The molecule has 0 saturated carbocycles. The lowest BCUT2D eigenvalue weighted by Crippen LogP contribution is -2.42. The highest BCUT2D eigenvalue weighted by molar-refractivity contribution is 5.95. The number of carbonyl (C=O) groups is 2. The Kier molecular flexibility index (Phi) is 7.13. The molecule has 0 spiro atoms. The minimum Gasteiger partial charge on any atom is -0.493 e. The highest BCUT2D eigenvalue weighted by Crippen LogP contribution is 2.35. The molecule has 0 saturated heterocycles. The van der Waals surface area contributed by atoms with Gasteiger partial charge in [0, 0.05) is 11.6 Å². The summed E-state index contributed by atoms with van der Waals surface area (Å²) in [6, 6.07) is 10.6. The summed E-state index contributed by atoms with van der Waals surface area (Å²) in [6.07, 6.45) is -0.538. The molecule has 0 aliphatic heterocycles. The molecule has 0 aliphatic carbocycles. The minimum atomic E-state index is -0.873. The molecule has 154 valence electrons. The fourth-order valence-electron chi connectivity index (χ4n) is 2.52. The zero-order valence-electron chi connectivity index (χ0n) is 16.5. The van der Waals surface area contributed by atoms with Gasteiger partial charge in [0.2, 0.25) is 0 Å². The number of nitro groups is 1. The van der Waals surface area contributed by atoms with Crippen molar-refractivity contribution in [3.63, 3.8) is 0 Å². The van der Waals surface area contributed by atoms with Crippen LogP contribution in [0.2, 0.25) is 0 Å². The lowest BCUT2D eigenvalue weighted by molar-refractivity contribution is -0.385. The number of ether oxygens (including phenoxy) is 3. The number of nitrogens with zero attached hydrogens (tertiary/aromatic N) is 1. The lowest BCUT2D eigenvalue weighted by Gasteiger charge is -2.24. The maximum atomic E-state index is 12.3. The van der Waals surface area contributed by atoms with Crippen molar-refractivity contribution in [2.24, 2.45) is 0 Å². The molecular formula is C20H22N2O7. The van der Waals surface area contributed by atoms with Gasteiger partial charge < -0.3 is 19.5 Å². The van der Waals surface area contributed by atoms with Crippen LogP contribution in [-0.4, -0.2) is 43.2 Å². The van der Waals surface area contributed by atoms with Crippen LogP contribution in [0.4, 0.5) is 5.69 Å². The molecule has 1 amide bonds. The number of esters is 1. The molecule has 0 bridgehead atoms. The molecule has 2 atom stereocenters. The molecule has 9 nitrogen and oxygen atoms in total. The van der Waals surface area contributed by atoms with E-state index in [0.717, 1.165) is 13.2 Å². The predicted molar refractivity (Wildman–Crippen MR) is 104 cm³/mol. The molecular weight excluding hydrogens is 380 g/mol. The second-order valence-electron chi connectivity index (χ2n) is 6.22. The SMILES string of the molecule is COC(=O)c1cc(OC(C)C(C)NC(=O)c2ccccc2)c(OC)cc1[N+](=O)[O-]. The van der Waals surface area contributed by atoms with E-state index >= 15 is 0 Å². The molecule has 0 heterocycles. The summed E-state index contributed by atoms with van der Waals surface area (Å²) < 4.78 is 15.6. The van der Waals surface area contributed by atoms with Gasteiger partial charge >= 0.3 is 5.97 Å². The molecule has 2 rings (SSSR count). The van der Waals surface area contributed by atoms with Crippen LogP contribution < -0.4 is 14.8 Å². The molecule has 2 aromatic rings. The second kappa shape index (κ2) is 9.54. The van der Waals surface area contributed by atoms with Crippen LogP contribution in [0.1, 0.15) is 34.6 Å². The number of nitrogens with one attached hydrogen (secondary N) is 1. The summed E-state index contributed by atoms with van der Waals surface area (Å²) in [5, 5.41) is 14.1. The van der Waals surface area contributed by atoms with Crippen LogP contribution in [0.5, 0.6) is 11.5 Å². The molecule has 0 radical (unpaired) electrons. The van der Waals surface area contributed by atoms with Crippen molar-refractivity contribution in [1.82, 2.24) is 5.32 Å². The molecule has 29 heavy (non-hydrogen) atoms. The smallest absolute Gasteiger partial charge is 0.345 e. The number of nitro benzene ring substituents is 1. The number of benzene rings is 2. The van der Waals surface area contributed by atoms with Crippen molar-refractivity contribution < 1.29 is 28.7 Å². The monoisotopic (exact) mass is 402 g/mol. The lowest BCUT2D eigenvalue weighted by atomic mass is 10.1. The number of carbonyl (C=O) groups excluding carboxylic acids is 2. The van der Waals surface area contributed by atoms with Gasteiger partial charge in [0.05, 0.1) is 31.3 Å². The van der Waals surface area contributed by atoms with Crippen molar-refractivity contribution in [2.45, 2.75) is 26.0 Å². The third-order valence-corrected chi connectivity index (χ3v) is 4.30. The van der Waals surface area contributed by atoms with Crippen molar-refractivity contribution in [3.8, 4) is 11.5 Å². The highest BCUT2D eigenvalue weighted by atomic mass is 16.6. The van der Waals surface area contributed by atoms with Gasteiger partial charge in [-0.2, -0.15) is 0 Å². The normalized spacial score (nSPS) is 12.4. The summed E-state index contributed by atoms with van der Waals surface area (Å²) >= 11 is 0. The van der Waals surface area contributed by atoms with Crippen LogP contribution in [0.15, 0.2) is 42.5 Å². The van der Waals surface area contributed by atoms with Crippen LogP contribution >= 0.6 is 0 Å². The van der Waals surface area contributed by atoms with Gasteiger partial charge in [-0.05, 0) is 26.0 Å². The summed E-state index contributed by atoms with van der Waals surface area (Å²) in [5.41, 5.74) is -0.215. The van der Waals surface area contributed by atoms with E-state index < -0.39 is 28.7 Å². The summed E-state index contributed by atoms with van der Waals surface area (Å²) in [7, 11) is 2.45. The predicted octanol–water partition coefficient (Wildman–Crippen LogP) is 2.98. The van der Waals surface area contributed by atoms with Crippen LogP contribution in [0.3, 0.4) is 0 Å². The molecule has 0 fully saturated rings. The second-order valence-corrected chi connectivity index (χ2v) is 6.22. The van der Waals surface area contributed by atoms with E-state index in [4.69, 9.17) is 9.47 Å². The molecule has 2 unspecified atom stereocenters. The quantitative estimate of drug-likeness (QED) is 0.410. The van der Waals surface area contributed by atoms with Gasteiger partial charge in [-0.25, -0.2) is 4.79 Å². The largest absolute Gasteiger partial charge is 0.493 e. The maximum absolute atomic E-state index is 12.3. The fraction of sp³-hybridized carbons (Fsp3) is 0.300. The maximum Gasteiger partial charge on any atom is 0.345 e. The molecule has 0 aromatic heterocycles. The van der Waals surface area contributed by atoms with E-state index in [2.05, 4.69) is 10.1 Å². The Morgan fingerprint density at radius 3 is 2.28 bits per heavy atom. The van der Waals surface area contributed by atoms with Gasteiger partial charge in [0.1, 0.15) is 11.7 Å². The standard InChI is InChI=1S/C20H22N2O7/c1-12(21-19(23)14-8-6-5-7-9-14)13(2)29-18-10-15(20(24)28-4)16(22(25)26)11-17(18)27-3/h5-13H,1-4H3,(H,21,23). The van der Waals surface area contributed by atoms with E-state index in [1.54, 1.807) is 38.1 Å². The van der Waals surface area contributed by atoms with Crippen molar-refractivity contribution in [1.29, 1.82) is 0 Å². The minimum absolute atomic E-state index is 0.0813. The van der Waals surface area contributed by atoms with E-state index in [-0.39, 0.29) is 23.0 Å². The molecule has 1 N–H and O–H groups in total. The van der Waals surface area contributed by atoms with Crippen molar-refractivity contribution >= 4 is 17.6 Å². The zero-order valence-corrected chi connectivity index (χ0v) is 16.5. The van der Waals surface area contributed by atoms with Gasteiger partial charge in [0.15, 0.2) is 11.5 Å². The topological polar surface area (TPSA) is 117 Å². The zero-order chi connectivity index (χ0) is 21.6. The summed E-state index contributed by atoms with van der Waals surface area (Å²) in [6.45, 7) is 3.47. The average molecular weight is 402 g/mol.